The average Bonchev–Trinajstić information content (AvgIpc) is 0.778. The molecule has 0 aromatic rings. The summed E-state index contributed by atoms with van der Waals surface area (Å²) in [6.07, 6.45) is 32.5. The number of likely N-dealkylation sites (tertiary alicyclic amines) is 4. The van der Waals surface area contributed by atoms with E-state index < -0.39 is 0 Å². The van der Waals surface area contributed by atoms with E-state index in [0.717, 1.165) is 90.1 Å². The van der Waals surface area contributed by atoms with Crippen LogP contribution >= 0.6 is 11.8 Å². The minimum absolute atomic E-state index is 0.490. The number of ether oxygens (including phenoxy) is 1. The van der Waals surface area contributed by atoms with Crippen LogP contribution in [0.5, 0.6) is 0 Å². The van der Waals surface area contributed by atoms with Gasteiger partial charge in [0.15, 0.2) is 0 Å². The predicted molar refractivity (Wildman–Crippen MR) is 432 cm³/mol. The fourth-order valence-corrected chi connectivity index (χ4v) is 19.5. The molecule has 7 nitrogen and oxygen atoms in total. The molecule has 96 heavy (non-hydrogen) atoms. The lowest BCUT2D eigenvalue weighted by Gasteiger charge is -2.56. The molecule has 0 amide bonds. The van der Waals surface area contributed by atoms with Crippen LogP contribution in [-0.2, 0) is 4.74 Å². The Bertz CT molecular complexity index is 2000. The highest BCUT2D eigenvalue weighted by molar-refractivity contribution is 7.99. The summed E-state index contributed by atoms with van der Waals surface area (Å²) in [7, 11) is 17.8. The maximum atomic E-state index is 5.29. The lowest BCUT2D eigenvalue weighted by atomic mass is 9.61. The van der Waals surface area contributed by atoms with Crippen molar-refractivity contribution in [3.63, 3.8) is 0 Å². The van der Waals surface area contributed by atoms with E-state index in [9.17, 15) is 0 Å². The van der Waals surface area contributed by atoms with E-state index in [2.05, 4.69) is 278 Å². The number of thioether (sulfide) groups is 1. The van der Waals surface area contributed by atoms with Gasteiger partial charge in [0.1, 0.15) is 0 Å². The van der Waals surface area contributed by atoms with Crippen molar-refractivity contribution in [3.8, 4) is 0 Å². The van der Waals surface area contributed by atoms with Crippen LogP contribution in [0.25, 0.3) is 0 Å². The van der Waals surface area contributed by atoms with Gasteiger partial charge in [0.25, 0.3) is 0 Å². The quantitative estimate of drug-likeness (QED) is 0.270. The van der Waals surface area contributed by atoms with Gasteiger partial charge in [0, 0.05) is 62.6 Å². The number of hydrogen-bond donors (Lipinski definition) is 0. The van der Waals surface area contributed by atoms with E-state index in [-0.39, 0.29) is 0 Å². The summed E-state index contributed by atoms with van der Waals surface area (Å²) in [5.41, 5.74) is 5.58. The Morgan fingerprint density at radius 2 is 0.656 bits per heavy atom. The van der Waals surface area contributed by atoms with Gasteiger partial charge in [-0.15, -0.1) is 0 Å². The first-order valence-electron chi connectivity index (χ1n) is 41.0. The van der Waals surface area contributed by atoms with Gasteiger partial charge >= 0.3 is 0 Å². The first-order chi connectivity index (χ1) is 43.7. The van der Waals surface area contributed by atoms with E-state index in [0.29, 0.717) is 48.9 Å². The van der Waals surface area contributed by atoms with E-state index in [4.69, 9.17) is 4.74 Å². The Hall–Kier alpha value is 0.0700. The summed E-state index contributed by atoms with van der Waals surface area (Å²) in [6, 6.07) is 3.22. The molecule has 6 saturated heterocycles. The van der Waals surface area contributed by atoms with Crippen LogP contribution in [0.3, 0.4) is 0 Å². The fourth-order valence-electron chi connectivity index (χ4n) is 18.4. The van der Waals surface area contributed by atoms with E-state index in [1.807, 2.05) is 0 Å². The summed E-state index contributed by atoms with van der Waals surface area (Å²) < 4.78 is 5.29. The van der Waals surface area contributed by atoms with Gasteiger partial charge in [-0.2, -0.15) is 11.8 Å². The largest absolute Gasteiger partial charge is 0.381 e. The first kappa shape index (κ1) is 90.3. The van der Waals surface area contributed by atoms with Gasteiger partial charge in [0.2, 0.25) is 0 Å². The highest BCUT2D eigenvalue weighted by Crippen LogP contribution is 2.51. The normalized spacial score (nSPS) is 29.1. The van der Waals surface area contributed by atoms with Gasteiger partial charge < -0.3 is 34.1 Å². The van der Waals surface area contributed by atoms with Crippen molar-refractivity contribution in [3.05, 3.63) is 0 Å². The van der Waals surface area contributed by atoms with Gasteiger partial charge in [0.05, 0.1) is 0 Å². The standard InChI is InChI=1S/2C13H25N.2C12H25N.2C10H21N.C9H18O.C9H18S/c1-12(2,3)11-5-7-13(8-6-11)9-14(4)10-13;1-12(2,3)11-5-7-13(8-6-11)9-10-14(13)4;1-9-7-11(12(3,4)5)8-10(2)13(9)6;1-12(2,3)10-6-8-11(9-7-10)13(4)5;1-10(2,3)8-6-9(7-8)11(4)5;1-10(2,3)9-5-7-11(4)8-6-9;2*1-9(2,3)8-4-6-10-7-5-8/h2*11H,5-10H2,1-4H3;9-11H,7-8H2,1-6H3;10-11H,6-9H2,1-5H3;8-9H,6-7H2,1-5H3;9H,5-8H2,1-4H3;2*8H,4-7H2,1-3H3. The van der Waals surface area contributed by atoms with Crippen molar-refractivity contribution >= 4 is 11.8 Å². The highest BCUT2D eigenvalue weighted by Gasteiger charge is 2.47. The third-order valence-electron chi connectivity index (χ3n) is 27.8. The second kappa shape index (κ2) is 38.4. The van der Waals surface area contributed by atoms with Crippen LogP contribution in [0.1, 0.15) is 328 Å². The molecule has 0 aromatic carbocycles. The number of piperidine rings is 2. The SMILES string of the molecule is CC(C)(C)C1CCOCC1.CC(C)(C)C1CCSCC1.CC1CC(C(C)(C)C)CC(C)N1C.CN(C)C1CC(C(C)(C)C)C1.CN(C)C1CCC(C(C)(C)C)CC1.CN1CC2(CCC(C(C)(C)C)CC2)C1.CN1CCC(C(C)(C)C)CC1.CN1CCC12CCC(C(C)(C)C)CC2. The summed E-state index contributed by atoms with van der Waals surface area (Å²) in [6.45, 7) is 70.2. The van der Waals surface area contributed by atoms with Gasteiger partial charge in [-0.25, -0.2) is 0 Å². The van der Waals surface area contributed by atoms with Crippen molar-refractivity contribution < 1.29 is 4.74 Å². The molecule has 6 heterocycles. The smallest absolute Gasteiger partial charge is 0.0468 e. The predicted octanol–water partition coefficient (Wildman–Crippen LogP) is 23.1. The van der Waals surface area contributed by atoms with E-state index in [1.165, 1.54) is 192 Å². The molecule has 2 unspecified atom stereocenters. The second-order valence-corrected chi connectivity index (χ2v) is 44.9. The Morgan fingerprint density at radius 1 is 0.333 bits per heavy atom. The van der Waals surface area contributed by atoms with Crippen molar-refractivity contribution in [2.24, 2.45) is 96.1 Å². The Morgan fingerprint density at radius 3 is 0.958 bits per heavy atom. The molecule has 0 aromatic heterocycles. The molecule has 0 bridgehead atoms. The summed E-state index contributed by atoms with van der Waals surface area (Å²) >= 11 is 2.11. The first-order valence-corrected chi connectivity index (χ1v) is 42.1. The van der Waals surface area contributed by atoms with E-state index in [1.54, 1.807) is 0 Å². The minimum atomic E-state index is 0.490. The molecule has 2 atom stereocenters. The maximum absolute atomic E-state index is 5.29. The fraction of sp³-hybridized carbons (Fsp3) is 1.00. The number of rotatable bonds is 2. The van der Waals surface area contributed by atoms with Crippen LogP contribution in [0.2, 0.25) is 0 Å². The summed E-state index contributed by atoms with van der Waals surface area (Å²) in [5, 5.41) is 0. The van der Waals surface area contributed by atoms with Gasteiger partial charge in [-0.3, -0.25) is 0 Å². The van der Waals surface area contributed by atoms with Crippen LogP contribution in [0, 0.1) is 96.1 Å². The van der Waals surface area contributed by atoms with Crippen LogP contribution in [0.15, 0.2) is 0 Å². The average molecular weight is 1370 g/mol. The molecule has 10 fully saturated rings. The minimum Gasteiger partial charge on any atom is -0.381 e. The summed E-state index contributed by atoms with van der Waals surface area (Å²) in [5.74, 6) is 10.3. The van der Waals surface area contributed by atoms with Crippen molar-refractivity contribution in [1.29, 1.82) is 0 Å². The molecule has 2 spiro atoms. The summed E-state index contributed by atoms with van der Waals surface area (Å²) in [4.78, 5) is 14.7. The Labute approximate surface area is 609 Å². The van der Waals surface area contributed by atoms with Gasteiger partial charge in [-0.1, -0.05) is 166 Å². The molecule has 0 N–H and O–H groups in total. The highest BCUT2D eigenvalue weighted by atomic mass is 32.2. The molecular formula is C88H178N6OS. The number of hydrogen-bond acceptors (Lipinski definition) is 8. The molecule has 6 aliphatic heterocycles. The molecule has 10 aliphatic rings. The molecule has 4 saturated carbocycles. The van der Waals surface area contributed by atoms with Crippen LogP contribution in [-0.4, -0.2) is 173 Å². The topological polar surface area (TPSA) is 28.7 Å². The molecule has 10 rings (SSSR count). The number of nitrogens with zero attached hydrogens (tertiary/aromatic N) is 6. The zero-order chi connectivity index (χ0) is 73.4. The molecular weight excluding hydrogens is 1190 g/mol. The van der Waals surface area contributed by atoms with E-state index >= 15 is 0 Å². The monoisotopic (exact) mass is 1370 g/mol. The zero-order valence-corrected chi connectivity index (χ0v) is 72.9. The lowest BCUT2D eigenvalue weighted by molar-refractivity contribution is -0.0425. The third-order valence-corrected chi connectivity index (χ3v) is 28.8. The van der Waals surface area contributed by atoms with Gasteiger partial charge in [-0.05, 0) is 339 Å². The zero-order valence-electron chi connectivity index (χ0n) is 72.1. The van der Waals surface area contributed by atoms with Crippen LogP contribution < -0.4 is 0 Å². The lowest BCUT2D eigenvalue weighted by Crippen LogP contribution is -2.59. The molecule has 572 valence electrons. The van der Waals surface area contributed by atoms with Crippen LogP contribution in [0.4, 0.5) is 0 Å². The third kappa shape index (κ3) is 31.0. The van der Waals surface area contributed by atoms with Crippen molar-refractivity contribution in [1.82, 2.24) is 29.4 Å². The Balaban J connectivity index is 0.000000287. The second-order valence-electron chi connectivity index (χ2n) is 43.7. The molecule has 0 radical (unpaired) electrons. The van der Waals surface area contributed by atoms with Crippen molar-refractivity contribution in [2.75, 3.05) is 114 Å². The maximum Gasteiger partial charge on any atom is 0.0468 e. The Kier molecular flexibility index (Phi) is 36.1. The molecule has 8 heteroatoms. The molecule has 4 aliphatic carbocycles. The van der Waals surface area contributed by atoms with Crippen molar-refractivity contribution in [2.45, 2.75) is 357 Å².